The van der Waals surface area contributed by atoms with Crippen LogP contribution >= 0.6 is 11.3 Å². The molecular weight excluding hydrogens is 470 g/mol. The number of aromatic nitrogens is 3. The van der Waals surface area contributed by atoms with Gasteiger partial charge in [0.05, 0.1) is 18.5 Å². The fraction of sp³-hybridized carbons (Fsp3) is 0.360. The third-order valence-corrected chi connectivity index (χ3v) is 6.72. The molecule has 0 aliphatic heterocycles. The summed E-state index contributed by atoms with van der Waals surface area (Å²) in [6.45, 7) is 8.26. The summed E-state index contributed by atoms with van der Waals surface area (Å²) >= 11 is 1.04. The molecule has 3 aromatic heterocycles. The molecule has 0 unspecified atom stereocenters. The summed E-state index contributed by atoms with van der Waals surface area (Å²) in [6.07, 6.45) is 1.83. The first-order valence-electron chi connectivity index (χ1n) is 11.2. The average molecular weight is 498 g/mol. The monoisotopic (exact) mass is 497 g/mol. The molecule has 0 amide bonds. The summed E-state index contributed by atoms with van der Waals surface area (Å²) in [7, 11) is 0. The quantitative estimate of drug-likeness (QED) is 0.408. The minimum Gasteiger partial charge on any atom is -0.462 e. The first-order valence-corrected chi connectivity index (χ1v) is 12.0. The molecule has 0 aliphatic rings. The summed E-state index contributed by atoms with van der Waals surface area (Å²) < 4.78 is 12.8. The van der Waals surface area contributed by atoms with Crippen LogP contribution in [0.2, 0.25) is 0 Å². The third-order valence-electron chi connectivity index (χ3n) is 5.42. The van der Waals surface area contributed by atoms with Gasteiger partial charge in [-0.2, -0.15) is 0 Å². The van der Waals surface area contributed by atoms with E-state index in [4.69, 9.17) is 9.47 Å². The molecule has 4 aromatic rings. The standard InChI is InChI=1S/C25H27N3O6S/c1-6-33-23(31)20-14(2)19-21(30)27(13-18(29)34-25(3,4)5)24(32)28(22(19)35-20)12-15-7-8-17-16(11-15)9-10-26-17/h7-11,26H,6,12-13H2,1-5H3. The number of hydrogen-bond donors (Lipinski definition) is 1. The van der Waals surface area contributed by atoms with E-state index in [9.17, 15) is 19.2 Å². The Kier molecular flexibility index (Phi) is 6.42. The van der Waals surface area contributed by atoms with Gasteiger partial charge < -0.3 is 14.5 Å². The molecule has 1 aromatic carbocycles. The molecular formula is C25H27N3O6S. The van der Waals surface area contributed by atoms with Gasteiger partial charge in [-0.3, -0.25) is 14.2 Å². The van der Waals surface area contributed by atoms with Crippen molar-refractivity contribution in [2.45, 2.75) is 53.3 Å². The maximum Gasteiger partial charge on any atom is 0.348 e. The highest BCUT2D eigenvalue weighted by molar-refractivity contribution is 7.20. The van der Waals surface area contributed by atoms with Gasteiger partial charge in [-0.05, 0) is 69.3 Å². The molecule has 35 heavy (non-hydrogen) atoms. The van der Waals surface area contributed by atoms with Crippen molar-refractivity contribution < 1.29 is 19.1 Å². The van der Waals surface area contributed by atoms with Crippen LogP contribution in [0.3, 0.4) is 0 Å². The number of esters is 2. The number of aryl methyl sites for hydroxylation is 1. The van der Waals surface area contributed by atoms with Gasteiger partial charge in [0.1, 0.15) is 21.9 Å². The topological polar surface area (TPSA) is 112 Å². The van der Waals surface area contributed by atoms with E-state index in [0.29, 0.717) is 10.4 Å². The van der Waals surface area contributed by atoms with E-state index in [1.54, 1.807) is 34.6 Å². The molecule has 9 nitrogen and oxygen atoms in total. The second-order valence-corrected chi connectivity index (χ2v) is 10.2. The number of carbonyl (C=O) groups excluding carboxylic acids is 2. The van der Waals surface area contributed by atoms with E-state index in [0.717, 1.165) is 32.4 Å². The lowest BCUT2D eigenvalue weighted by Crippen LogP contribution is -2.42. The number of fused-ring (bicyclic) bond motifs is 2. The van der Waals surface area contributed by atoms with Crippen LogP contribution in [0.1, 0.15) is 48.5 Å². The number of ether oxygens (including phenoxy) is 2. The van der Waals surface area contributed by atoms with Crippen molar-refractivity contribution in [2.75, 3.05) is 6.61 Å². The first-order chi connectivity index (χ1) is 16.5. The van der Waals surface area contributed by atoms with Gasteiger partial charge in [-0.15, -0.1) is 11.3 Å². The van der Waals surface area contributed by atoms with Crippen LogP contribution < -0.4 is 11.2 Å². The normalized spacial score (nSPS) is 11.8. The van der Waals surface area contributed by atoms with Gasteiger partial charge in [-0.1, -0.05) is 6.07 Å². The maximum absolute atomic E-state index is 13.5. The van der Waals surface area contributed by atoms with E-state index in [-0.39, 0.29) is 23.4 Å². The van der Waals surface area contributed by atoms with Crippen LogP contribution in [0.4, 0.5) is 0 Å². The van der Waals surface area contributed by atoms with Gasteiger partial charge in [0.2, 0.25) is 0 Å². The molecule has 0 aliphatic carbocycles. The highest BCUT2D eigenvalue weighted by Gasteiger charge is 2.26. The van der Waals surface area contributed by atoms with Crippen LogP contribution in [-0.2, 0) is 27.4 Å². The largest absolute Gasteiger partial charge is 0.462 e. The van der Waals surface area contributed by atoms with E-state index in [1.807, 2.05) is 30.5 Å². The molecule has 0 atom stereocenters. The Morgan fingerprint density at radius 1 is 1.11 bits per heavy atom. The van der Waals surface area contributed by atoms with Crippen molar-refractivity contribution in [1.29, 1.82) is 0 Å². The second-order valence-electron chi connectivity index (χ2n) is 9.20. The zero-order chi connectivity index (χ0) is 25.5. The predicted molar refractivity (Wildman–Crippen MR) is 134 cm³/mol. The Morgan fingerprint density at radius 2 is 1.86 bits per heavy atom. The molecule has 0 saturated carbocycles. The molecule has 4 rings (SSSR count). The summed E-state index contributed by atoms with van der Waals surface area (Å²) in [6, 6.07) is 7.66. The van der Waals surface area contributed by atoms with Gasteiger partial charge in [-0.25, -0.2) is 14.2 Å². The van der Waals surface area contributed by atoms with Crippen molar-refractivity contribution in [2.24, 2.45) is 0 Å². The number of aromatic amines is 1. The molecule has 10 heteroatoms. The first kappa shape index (κ1) is 24.5. The molecule has 3 heterocycles. The third kappa shape index (κ3) is 4.79. The lowest BCUT2D eigenvalue weighted by Gasteiger charge is -2.20. The summed E-state index contributed by atoms with van der Waals surface area (Å²) in [5.74, 6) is -1.26. The number of nitrogens with one attached hydrogen (secondary N) is 1. The van der Waals surface area contributed by atoms with Crippen LogP contribution in [0.25, 0.3) is 21.1 Å². The van der Waals surface area contributed by atoms with Crippen molar-refractivity contribution >= 4 is 44.4 Å². The summed E-state index contributed by atoms with van der Waals surface area (Å²) in [4.78, 5) is 55.8. The number of benzene rings is 1. The number of H-pyrrole nitrogens is 1. The number of rotatable bonds is 6. The number of nitrogens with zero attached hydrogens (tertiary/aromatic N) is 2. The van der Waals surface area contributed by atoms with Gasteiger partial charge >= 0.3 is 17.6 Å². The molecule has 0 radical (unpaired) electrons. The van der Waals surface area contributed by atoms with Gasteiger partial charge in [0.25, 0.3) is 5.56 Å². The molecule has 0 bridgehead atoms. The number of carbonyl (C=O) groups is 2. The maximum atomic E-state index is 13.5. The molecule has 0 fully saturated rings. The highest BCUT2D eigenvalue weighted by Crippen LogP contribution is 2.29. The van der Waals surface area contributed by atoms with Crippen LogP contribution in [0.15, 0.2) is 40.1 Å². The van der Waals surface area contributed by atoms with Gasteiger partial charge in [0, 0.05) is 11.7 Å². The predicted octanol–water partition coefficient (Wildman–Crippen LogP) is 3.58. The Labute approximate surface area is 204 Å². The van der Waals surface area contributed by atoms with Crippen LogP contribution in [-0.4, -0.2) is 38.3 Å². The zero-order valence-electron chi connectivity index (χ0n) is 20.3. The Balaban J connectivity index is 1.91. The SMILES string of the molecule is CCOC(=O)c1sc2c(c1C)c(=O)n(CC(=O)OC(C)(C)C)c(=O)n2Cc1ccc2[nH]ccc2c1. The number of hydrogen-bond acceptors (Lipinski definition) is 7. The fourth-order valence-electron chi connectivity index (χ4n) is 3.95. The summed E-state index contributed by atoms with van der Waals surface area (Å²) in [5, 5.41) is 1.19. The van der Waals surface area contributed by atoms with E-state index in [1.165, 1.54) is 4.57 Å². The Morgan fingerprint density at radius 3 is 2.54 bits per heavy atom. The van der Waals surface area contributed by atoms with Crippen LogP contribution in [0.5, 0.6) is 0 Å². The van der Waals surface area contributed by atoms with Crippen LogP contribution in [0, 0.1) is 6.92 Å². The highest BCUT2D eigenvalue weighted by atomic mass is 32.1. The summed E-state index contributed by atoms with van der Waals surface area (Å²) in [5.41, 5.74) is 0.132. The molecule has 1 N–H and O–H groups in total. The van der Waals surface area contributed by atoms with Gasteiger partial charge in [0.15, 0.2) is 0 Å². The smallest absolute Gasteiger partial charge is 0.348 e. The zero-order valence-corrected chi connectivity index (χ0v) is 21.1. The molecule has 0 saturated heterocycles. The second kappa shape index (κ2) is 9.18. The molecule has 184 valence electrons. The lowest BCUT2D eigenvalue weighted by molar-refractivity contribution is -0.155. The number of thiophene rings is 1. The van der Waals surface area contributed by atoms with E-state index in [2.05, 4.69) is 4.98 Å². The van der Waals surface area contributed by atoms with Crippen molar-refractivity contribution in [3.05, 3.63) is 67.3 Å². The average Bonchev–Trinajstić information content (AvgIpc) is 3.37. The van der Waals surface area contributed by atoms with E-state index < -0.39 is 35.3 Å². The lowest BCUT2D eigenvalue weighted by atomic mass is 10.1. The van der Waals surface area contributed by atoms with Crippen molar-refractivity contribution in [3.63, 3.8) is 0 Å². The van der Waals surface area contributed by atoms with Crippen molar-refractivity contribution in [1.82, 2.24) is 14.1 Å². The van der Waals surface area contributed by atoms with E-state index >= 15 is 0 Å². The van der Waals surface area contributed by atoms with Crippen molar-refractivity contribution in [3.8, 4) is 0 Å². The minimum absolute atomic E-state index is 0.146. The minimum atomic E-state index is -0.773. The Bertz CT molecular complexity index is 1560. The fourth-order valence-corrected chi connectivity index (χ4v) is 5.14. The Hall–Kier alpha value is -3.66. The molecule has 0 spiro atoms.